The van der Waals surface area contributed by atoms with Crippen LogP contribution in [-0.4, -0.2) is 39.8 Å². The monoisotopic (exact) mass is 270 g/mol. The molecule has 0 saturated heterocycles. The van der Waals surface area contributed by atoms with Crippen molar-refractivity contribution in [2.45, 2.75) is 25.2 Å². The summed E-state index contributed by atoms with van der Waals surface area (Å²) in [6.45, 7) is 1.69. The van der Waals surface area contributed by atoms with Crippen LogP contribution < -0.4 is 9.47 Å². The van der Waals surface area contributed by atoms with E-state index in [4.69, 9.17) is 18.9 Å². The van der Waals surface area contributed by atoms with Gasteiger partial charge in [-0.15, -0.1) is 0 Å². The van der Waals surface area contributed by atoms with Crippen molar-refractivity contribution in [1.29, 1.82) is 0 Å². The zero-order valence-corrected chi connectivity index (χ0v) is 12.1. The molecule has 0 aliphatic heterocycles. The standard InChI is InChI=1S/C14H22O5/c1-14(15,9-13(18-4)19-5)11-8-10(16-2)6-7-12(11)17-3/h6-8,13,15H,9H2,1-5H3. The summed E-state index contributed by atoms with van der Waals surface area (Å²) in [6, 6.07) is 5.29. The molecule has 0 fully saturated rings. The van der Waals surface area contributed by atoms with Crippen LogP contribution in [0, 0.1) is 0 Å². The van der Waals surface area contributed by atoms with Gasteiger partial charge in [0.15, 0.2) is 6.29 Å². The number of aliphatic hydroxyl groups is 1. The summed E-state index contributed by atoms with van der Waals surface area (Å²) in [7, 11) is 6.21. The van der Waals surface area contributed by atoms with E-state index in [9.17, 15) is 5.11 Å². The van der Waals surface area contributed by atoms with E-state index in [1.807, 2.05) is 0 Å². The first-order chi connectivity index (χ1) is 8.98. The fourth-order valence-corrected chi connectivity index (χ4v) is 1.93. The summed E-state index contributed by atoms with van der Waals surface area (Å²) in [4.78, 5) is 0. The van der Waals surface area contributed by atoms with E-state index in [1.165, 1.54) is 14.2 Å². The fraction of sp³-hybridized carbons (Fsp3) is 0.571. The Balaban J connectivity index is 3.10. The summed E-state index contributed by atoms with van der Waals surface area (Å²) in [5, 5.41) is 10.7. The van der Waals surface area contributed by atoms with E-state index >= 15 is 0 Å². The van der Waals surface area contributed by atoms with Crippen LogP contribution in [0.25, 0.3) is 0 Å². The number of hydrogen-bond donors (Lipinski definition) is 1. The highest BCUT2D eigenvalue weighted by atomic mass is 16.7. The summed E-state index contributed by atoms with van der Waals surface area (Å²) < 4.78 is 20.7. The van der Waals surface area contributed by atoms with Crippen LogP contribution in [0.2, 0.25) is 0 Å². The highest BCUT2D eigenvalue weighted by Gasteiger charge is 2.31. The van der Waals surface area contributed by atoms with Crippen LogP contribution in [0.3, 0.4) is 0 Å². The smallest absolute Gasteiger partial charge is 0.159 e. The molecule has 5 nitrogen and oxygen atoms in total. The van der Waals surface area contributed by atoms with Crippen molar-refractivity contribution in [2.75, 3.05) is 28.4 Å². The number of rotatable bonds is 7. The molecule has 0 heterocycles. The molecular weight excluding hydrogens is 248 g/mol. The van der Waals surface area contributed by atoms with Crippen molar-refractivity contribution in [3.8, 4) is 11.5 Å². The van der Waals surface area contributed by atoms with E-state index in [-0.39, 0.29) is 6.42 Å². The highest BCUT2D eigenvalue weighted by molar-refractivity contribution is 5.43. The largest absolute Gasteiger partial charge is 0.497 e. The Morgan fingerprint density at radius 2 is 1.74 bits per heavy atom. The maximum atomic E-state index is 10.7. The molecule has 1 N–H and O–H groups in total. The molecule has 19 heavy (non-hydrogen) atoms. The summed E-state index contributed by atoms with van der Waals surface area (Å²) in [5.41, 5.74) is -0.523. The molecule has 1 rings (SSSR count). The highest BCUT2D eigenvalue weighted by Crippen LogP contribution is 2.36. The molecule has 0 aliphatic carbocycles. The van der Waals surface area contributed by atoms with Crippen molar-refractivity contribution in [3.63, 3.8) is 0 Å². The lowest BCUT2D eigenvalue weighted by atomic mass is 9.91. The number of ether oxygens (including phenoxy) is 4. The Labute approximate surface area is 114 Å². The minimum absolute atomic E-state index is 0.281. The Hall–Kier alpha value is -1.30. The molecule has 0 radical (unpaired) electrons. The topological polar surface area (TPSA) is 57.2 Å². The van der Waals surface area contributed by atoms with Crippen LogP contribution in [0.15, 0.2) is 18.2 Å². The second-order valence-electron chi connectivity index (χ2n) is 4.45. The minimum atomic E-state index is -1.16. The number of hydrogen-bond acceptors (Lipinski definition) is 5. The maximum absolute atomic E-state index is 10.7. The lowest BCUT2D eigenvalue weighted by molar-refractivity contribution is -0.142. The van der Waals surface area contributed by atoms with Gasteiger partial charge in [-0.2, -0.15) is 0 Å². The fourth-order valence-electron chi connectivity index (χ4n) is 1.93. The van der Waals surface area contributed by atoms with Crippen molar-refractivity contribution in [2.24, 2.45) is 0 Å². The predicted octanol–water partition coefficient (Wildman–Crippen LogP) is 1.92. The average molecular weight is 270 g/mol. The normalized spacial score (nSPS) is 14.3. The van der Waals surface area contributed by atoms with Gasteiger partial charge in [-0.3, -0.25) is 0 Å². The molecule has 1 unspecified atom stereocenters. The third kappa shape index (κ3) is 3.83. The van der Waals surface area contributed by atoms with Crippen molar-refractivity contribution in [3.05, 3.63) is 23.8 Å². The van der Waals surface area contributed by atoms with Gasteiger partial charge in [0.1, 0.15) is 11.5 Å². The van der Waals surface area contributed by atoms with Crippen molar-refractivity contribution < 1.29 is 24.1 Å². The third-order valence-electron chi connectivity index (χ3n) is 3.08. The molecule has 1 aromatic rings. The zero-order valence-electron chi connectivity index (χ0n) is 12.1. The van der Waals surface area contributed by atoms with Gasteiger partial charge in [0.2, 0.25) is 0 Å². The zero-order chi connectivity index (χ0) is 14.5. The lowest BCUT2D eigenvalue weighted by Crippen LogP contribution is -2.30. The molecule has 1 aromatic carbocycles. The first-order valence-corrected chi connectivity index (χ1v) is 5.99. The molecule has 1 atom stereocenters. The van der Waals surface area contributed by atoms with Gasteiger partial charge in [0.25, 0.3) is 0 Å². The Morgan fingerprint density at radius 3 is 2.21 bits per heavy atom. The predicted molar refractivity (Wildman–Crippen MR) is 71.5 cm³/mol. The van der Waals surface area contributed by atoms with Crippen molar-refractivity contribution >= 4 is 0 Å². The Morgan fingerprint density at radius 1 is 1.11 bits per heavy atom. The van der Waals surface area contributed by atoms with Crippen LogP contribution in [0.1, 0.15) is 18.9 Å². The Bertz CT molecular complexity index is 399. The minimum Gasteiger partial charge on any atom is -0.497 e. The van der Waals surface area contributed by atoms with Crippen LogP contribution >= 0.6 is 0 Å². The van der Waals surface area contributed by atoms with Crippen LogP contribution in [-0.2, 0) is 15.1 Å². The average Bonchev–Trinajstić information content (AvgIpc) is 2.43. The molecule has 5 heteroatoms. The molecule has 0 saturated carbocycles. The summed E-state index contributed by atoms with van der Waals surface area (Å²) >= 11 is 0. The first-order valence-electron chi connectivity index (χ1n) is 5.99. The van der Waals surface area contributed by atoms with E-state index in [0.29, 0.717) is 17.1 Å². The molecule has 0 bridgehead atoms. The second kappa shape index (κ2) is 6.75. The van der Waals surface area contributed by atoms with Crippen molar-refractivity contribution in [1.82, 2.24) is 0 Å². The second-order valence-corrected chi connectivity index (χ2v) is 4.45. The van der Waals surface area contributed by atoms with Gasteiger partial charge in [-0.1, -0.05) is 0 Å². The third-order valence-corrected chi connectivity index (χ3v) is 3.08. The Kier molecular flexibility index (Phi) is 5.60. The van der Waals surface area contributed by atoms with Crippen LogP contribution in [0.5, 0.6) is 11.5 Å². The molecule has 0 aromatic heterocycles. The lowest BCUT2D eigenvalue weighted by Gasteiger charge is -2.29. The first kappa shape index (κ1) is 15.8. The van der Waals surface area contributed by atoms with E-state index in [2.05, 4.69) is 0 Å². The SMILES string of the molecule is COc1ccc(OC)c(C(C)(O)CC(OC)OC)c1. The van der Waals surface area contributed by atoms with Gasteiger partial charge < -0.3 is 24.1 Å². The molecular formula is C14H22O5. The van der Waals surface area contributed by atoms with Gasteiger partial charge in [-0.25, -0.2) is 0 Å². The number of methoxy groups -OCH3 is 4. The summed E-state index contributed by atoms with van der Waals surface area (Å²) in [5.74, 6) is 1.25. The van der Waals surface area contributed by atoms with Gasteiger partial charge in [0.05, 0.1) is 19.8 Å². The van der Waals surface area contributed by atoms with Crippen LogP contribution in [0.4, 0.5) is 0 Å². The van der Waals surface area contributed by atoms with E-state index < -0.39 is 11.9 Å². The quantitative estimate of drug-likeness (QED) is 0.767. The van der Waals surface area contributed by atoms with Gasteiger partial charge in [-0.05, 0) is 25.1 Å². The van der Waals surface area contributed by atoms with E-state index in [1.54, 1.807) is 39.3 Å². The van der Waals surface area contributed by atoms with E-state index in [0.717, 1.165) is 0 Å². The summed E-state index contributed by atoms with van der Waals surface area (Å²) in [6.07, 6.45) is -0.213. The molecule has 0 spiro atoms. The maximum Gasteiger partial charge on any atom is 0.159 e. The molecule has 0 amide bonds. The van der Waals surface area contributed by atoms with Gasteiger partial charge >= 0.3 is 0 Å². The number of benzene rings is 1. The van der Waals surface area contributed by atoms with Gasteiger partial charge in [0, 0.05) is 26.2 Å². The molecule has 0 aliphatic rings. The molecule has 108 valence electrons.